The lowest BCUT2D eigenvalue weighted by Crippen LogP contribution is -2.51. The van der Waals surface area contributed by atoms with Crippen molar-refractivity contribution in [3.63, 3.8) is 0 Å². The second-order valence-corrected chi connectivity index (χ2v) is 6.07. The number of fused-ring (bicyclic) bond motifs is 1. The molecule has 0 radical (unpaired) electrons. The first kappa shape index (κ1) is 13.3. The van der Waals surface area contributed by atoms with E-state index in [9.17, 15) is 4.79 Å². The number of hydrogen-bond donors (Lipinski definition) is 1. The van der Waals surface area contributed by atoms with Crippen molar-refractivity contribution < 1.29 is 4.79 Å². The number of ketones is 1. The van der Waals surface area contributed by atoms with E-state index in [-0.39, 0.29) is 5.78 Å². The van der Waals surface area contributed by atoms with Crippen LogP contribution in [0.3, 0.4) is 0 Å². The first-order chi connectivity index (χ1) is 9.60. The van der Waals surface area contributed by atoms with Crippen molar-refractivity contribution in [1.29, 1.82) is 0 Å². The molecule has 2 aromatic rings. The van der Waals surface area contributed by atoms with Gasteiger partial charge in [0.05, 0.1) is 11.1 Å². The minimum Gasteiger partial charge on any atom is -0.319 e. The zero-order valence-corrected chi connectivity index (χ0v) is 11.8. The lowest BCUT2D eigenvalue weighted by Gasteiger charge is -2.35. The highest BCUT2D eigenvalue weighted by atomic mass is 16.1. The van der Waals surface area contributed by atoms with E-state index >= 15 is 0 Å². The topological polar surface area (TPSA) is 56.0 Å². The van der Waals surface area contributed by atoms with Crippen molar-refractivity contribution in [3.05, 3.63) is 42.1 Å². The Hall–Kier alpha value is -1.74. The number of hydrogen-bond acceptors (Lipinski definition) is 3. The number of para-hydroxylation sites is 1. The van der Waals surface area contributed by atoms with Gasteiger partial charge in [-0.1, -0.05) is 38.0 Å². The molecule has 3 heteroatoms. The number of benzene rings is 1. The van der Waals surface area contributed by atoms with Crippen molar-refractivity contribution in [3.8, 4) is 0 Å². The van der Waals surface area contributed by atoms with Gasteiger partial charge in [-0.15, -0.1) is 0 Å². The van der Waals surface area contributed by atoms with Crippen molar-refractivity contribution in [2.45, 2.75) is 38.1 Å². The Labute approximate surface area is 119 Å². The number of carbonyl (C=O) groups excluding carboxylic acids is 1. The largest absolute Gasteiger partial charge is 0.319 e. The molecule has 0 bridgehead atoms. The molecule has 2 unspecified atom stereocenters. The molecule has 0 saturated heterocycles. The summed E-state index contributed by atoms with van der Waals surface area (Å²) in [6.07, 6.45) is 5.47. The standard InChI is InChI=1S/C17H20N2O/c1-12-5-3-9-17(18,11-12)16(20)14-8-2-6-13-7-4-10-19-15(13)14/h2,4,6-8,10,12H,3,5,9,11,18H2,1H3. The Morgan fingerprint density at radius 3 is 2.95 bits per heavy atom. The maximum absolute atomic E-state index is 12.9. The van der Waals surface area contributed by atoms with Crippen LogP contribution in [0.1, 0.15) is 43.0 Å². The van der Waals surface area contributed by atoms with Crippen LogP contribution in [0.25, 0.3) is 10.9 Å². The molecule has 3 nitrogen and oxygen atoms in total. The molecule has 0 spiro atoms. The van der Waals surface area contributed by atoms with Gasteiger partial charge in [0.1, 0.15) is 0 Å². The molecule has 1 heterocycles. The van der Waals surface area contributed by atoms with Crippen LogP contribution >= 0.6 is 0 Å². The van der Waals surface area contributed by atoms with Gasteiger partial charge in [0.25, 0.3) is 0 Å². The lowest BCUT2D eigenvalue weighted by atomic mass is 9.73. The predicted octanol–water partition coefficient (Wildman–Crippen LogP) is 3.33. The molecule has 1 aromatic carbocycles. The summed E-state index contributed by atoms with van der Waals surface area (Å²) in [7, 11) is 0. The SMILES string of the molecule is CC1CCCC(N)(C(=O)c2cccc3cccnc23)C1. The van der Waals surface area contributed by atoms with E-state index in [1.807, 2.05) is 30.3 Å². The average Bonchev–Trinajstić information content (AvgIpc) is 2.45. The summed E-state index contributed by atoms with van der Waals surface area (Å²) in [5.41, 5.74) is 7.15. The first-order valence-electron chi connectivity index (χ1n) is 7.27. The van der Waals surface area contributed by atoms with Crippen LogP contribution in [-0.2, 0) is 0 Å². The molecule has 1 fully saturated rings. The Morgan fingerprint density at radius 2 is 2.15 bits per heavy atom. The maximum Gasteiger partial charge on any atom is 0.184 e. The Balaban J connectivity index is 2.04. The van der Waals surface area contributed by atoms with Gasteiger partial charge in [-0.2, -0.15) is 0 Å². The quantitative estimate of drug-likeness (QED) is 0.850. The monoisotopic (exact) mass is 268 g/mol. The minimum atomic E-state index is -0.719. The van der Waals surface area contributed by atoms with E-state index in [2.05, 4.69) is 11.9 Å². The zero-order valence-electron chi connectivity index (χ0n) is 11.8. The normalized spacial score (nSPS) is 26.6. The molecule has 1 saturated carbocycles. The zero-order chi connectivity index (χ0) is 14.2. The van der Waals surface area contributed by atoms with Crippen LogP contribution in [0, 0.1) is 5.92 Å². The highest BCUT2D eigenvalue weighted by Crippen LogP contribution is 2.34. The van der Waals surface area contributed by atoms with Crippen LogP contribution < -0.4 is 5.73 Å². The summed E-state index contributed by atoms with van der Waals surface area (Å²) < 4.78 is 0. The average molecular weight is 268 g/mol. The van der Waals surface area contributed by atoms with E-state index in [4.69, 9.17) is 5.73 Å². The number of nitrogens with zero attached hydrogens (tertiary/aromatic N) is 1. The fraction of sp³-hybridized carbons (Fsp3) is 0.412. The summed E-state index contributed by atoms with van der Waals surface area (Å²) in [5.74, 6) is 0.564. The Bertz CT molecular complexity index is 647. The Kier molecular flexibility index (Phi) is 3.30. The summed E-state index contributed by atoms with van der Waals surface area (Å²) in [4.78, 5) is 17.3. The third-order valence-electron chi connectivity index (χ3n) is 4.36. The van der Waals surface area contributed by atoms with Crippen LogP contribution in [0.2, 0.25) is 0 Å². The van der Waals surface area contributed by atoms with Gasteiger partial charge < -0.3 is 5.73 Å². The smallest absolute Gasteiger partial charge is 0.184 e. The van der Waals surface area contributed by atoms with Crippen molar-refractivity contribution in [2.75, 3.05) is 0 Å². The van der Waals surface area contributed by atoms with Gasteiger partial charge in [0.15, 0.2) is 5.78 Å². The molecule has 3 rings (SSSR count). The van der Waals surface area contributed by atoms with Gasteiger partial charge >= 0.3 is 0 Å². The molecular formula is C17H20N2O. The number of pyridine rings is 1. The highest BCUT2D eigenvalue weighted by molar-refractivity contribution is 6.11. The van der Waals surface area contributed by atoms with Crippen molar-refractivity contribution in [2.24, 2.45) is 11.7 Å². The summed E-state index contributed by atoms with van der Waals surface area (Å²) >= 11 is 0. The number of Topliss-reactive ketones (excluding diaryl/α,β-unsaturated/α-hetero) is 1. The van der Waals surface area contributed by atoms with Gasteiger partial charge in [0, 0.05) is 17.1 Å². The molecule has 20 heavy (non-hydrogen) atoms. The molecule has 2 N–H and O–H groups in total. The third-order valence-corrected chi connectivity index (χ3v) is 4.36. The second kappa shape index (κ2) is 4.98. The van der Waals surface area contributed by atoms with E-state index in [0.29, 0.717) is 11.5 Å². The Morgan fingerprint density at radius 1 is 1.35 bits per heavy atom. The summed E-state index contributed by atoms with van der Waals surface area (Å²) in [5, 5.41) is 0.991. The fourth-order valence-corrected chi connectivity index (χ4v) is 3.35. The van der Waals surface area contributed by atoms with Gasteiger partial charge in [-0.25, -0.2) is 0 Å². The van der Waals surface area contributed by atoms with Crippen LogP contribution in [-0.4, -0.2) is 16.3 Å². The van der Waals surface area contributed by atoms with Crippen molar-refractivity contribution >= 4 is 16.7 Å². The molecule has 1 aliphatic rings. The molecule has 104 valence electrons. The molecule has 0 amide bonds. The van der Waals surface area contributed by atoms with E-state index < -0.39 is 5.54 Å². The summed E-state index contributed by atoms with van der Waals surface area (Å²) in [6.45, 7) is 2.18. The number of carbonyl (C=O) groups is 1. The van der Waals surface area contributed by atoms with E-state index in [0.717, 1.165) is 30.2 Å². The van der Waals surface area contributed by atoms with Crippen molar-refractivity contribution in [1.82, 2.24) is 4.98 Å². The molecule has 1 aromatic heterocycles. The van der Waals surface area contributed by atoms with E-state index in [1.54, 1.807) is 6.20 Å². The van der Waals surface area contributed by atoms with Gasteiger partial charge in [0.2, 0.25) is 0 Å². The number of rotatable bonds is 2. The van der Waals surface area contributed by atoms with Crippen LogP contribution in [0.4, 0.5) is 0 Å². The third kappa shape index (κ3) is 2.22. The highest BCUT2D eigenvalue weighted by Gasteiger charge is 2.38. The number of aromatic nitrogens is 1. The predicted molar refractivity (Wildman–Crippen MR) is 80.6 cm³/mol. The van der Waals surface area contributed by atoms with E-state index in [1.165, 1.54) is 6.42 Å². The first-order valence-corrected chi connectivity index (χ1v) is 7.27. The minimum absolute atomic E-state index is 0.0494. The molecule has 0 aliphatic heterocycles. The van der Waals surface area contributed by atoms with Crippen LogP contribution in [0.5, 0.6) is 0 Å². The lowest BCUT2D eigenvalue weighted by molar-refractivity contribution is 0.0821. The fourth-order valence-electron chi connectivity index (χ4n) is 3.35. The van der Waals surface area contributed by atoms with Crippen LogP contribution in [0.15, 0.2) is 36.5 Å². The van der Waals surface area contributed by atoms with Gasteiger partial charge in [-0.05, 0) is 30.9 Å². The summed E-state index contributed by atoms with van der Waals surface area (Å²) in [6, 6.07) is 9.60. The maximum atomic E-state index is 12.9. The number of nitrogens with two attached hydrogens (primary N) is 1. The molecule has 1 aliphatic carbocycles. The molecular weight excluding hydrogens is 248 g/mol. The van der Waals surface area contributed by atoms with Gasteiger partial charge in [-0.3, -0.25) is 9.78 Å². The second-order valence-electron chi connectivity index (χ2n) is 6.07. The molecule has 2 atom stereocenters.